The summed E-state index contributed by atoms with van der Waals surface area (Å²) in [5.74, 6) is 1.52. The van der Waals surface area contributed by atoms with Gasteiger partial charge in [-0.2, -0.15) is 0 Å². The van der Waals surface area contributed by atoms with E-state index in [9.17, 15) is 0 Å². The fraction of sp³-hybridized carbons (Fsp3) is 0.375. The molecule has 0 aliphatic rings. The Labute approximate surface area is 88.8 Å². The van der Waals surface area contributed by atoms with Crippen LogP contribution >= 0.6 is 15.9 Å². The zero-order chi connectivity index (χ0) is 9.84. The molecule has 74 valence electrons. The van der Waals surface area contributed by atoms with E-state index in [1.54, 1.807) is 7.11 Å². The molecule has 1 aromatic heterocycles. The summed E-state index contributed by atoms with van der Waals surface area (Å²) in [4.78, 5) is 4.22. The molecule has 0 bridgehead atoms. The van der Waals surface area contributed by atoms with E-state index in [0.717, 1.165) is 16.2 Å². The minimum atomic E-state index is -0.642. The highest BCUT2D eigenvalue weighted by Gasteiger charge is 1.98. The molecule has 0 aliphatic heterocycles. The molecule has 1 heterocycles. The van der Waals surface area contributed by atoms with Gasteiger partial charge in [-0.1, -0.05) is 0 Å². The molecule has 0 radical (unpaired) electrons. The van der Waals surface area contributed by atoms with Crippen molar-refractivity contribution in [2.45, 2.75) is 0 Å². The summed E-state index contributed by atoms with van der Waals surface area (Å²) in [5, 5.41) is 0. The van der Waals surface area contributed by atoms with E-state index in [1.165, 1.54) is 0 Å². The Balaban J connectivity index is 3.09. The number of aromatic nitrogens is 1. The molecule has 0 amide bonds. The van der Waals surface area contributed by atoms with Gasteiger partial charge in [0.25, 0.3) is 0 Å². The molecule has 0 fully saturated rings. The van der Waals surface area contributed by atoms with Crippen LogP contribution in [0.1, 0.15) is 0 Å². The van der Waals surface area contributed by atoms with Crippen molar-refractivity contribution in [1.82, 2.24) is 4.98 Å². The molecule has 0 atom stereocenters. The van der Waals surface area contributed by atoms with Crippen LogP contribution in [0.5, 0.6) is 5.75 Å². The monoisotopic (exact) mass is 264 g/mol. The van der Waals surface area contributed by atoms with Crippen LogP contribution in [-0.4, -0.2) is 24.6 Å². The predicted molar refractivity (Wildman–Crippen MR) is 62.6 cm³/mol. The Morgan fingerprint density at radius 1 is 1.46 bits per heavy atom. The van der Waals surface area contributed by atoms with Crippen molar-refractivity contribution in [2.75, 3.05) is 19.6 Å². The molecule has 5 heteroatoms. The largest absolute Gasteiger partial charge is 0.497 e. The lowest BCUT2D eigenvalue weighted by Gasteiger charge is -2.02. The standard InChI is InChI=1S/C8H13BrN2OS/c1-12-6-4-7(9)10-8(5-6)11-13(2)3/h4-5H,13H2,1-3H3. The Kier molecular flexibility index (Phi) is 3.87. The third kappa shape index (κ3) is 3.44. The Morgan fingerprint density at radius 2 is 2.15 bits per heavy atom. The lowest BCUT2D eigenvalue weighted by Crippen LogP contribution is -1.86. The van der Waals surface area contributed by atoms with Gasteiger partial charge in [0.05, 0.1) is 7.11 Å². The fourth-order valence-electron chi connectivity index (χ4n) is 0.865. The minimum absolute atomic E-state index is 0.642. The summed E-state index contributed by atoms with van der Waals surface area (Å²) in [6.45, 7) is 0. The fourth-order valence-corrected chi connectivity index (χ4v) is 1.84. The van der Waals surface area contributed by atoms with Crippen molar-refractivity contribution < 1.29 is 4.74 Å². The van der Waals surface area contributed by atoms with Crippen LogP contribution in [0.15, 0.2) is 21.1 Å². The minimum Gasteiger partial charge on any atom is -0.497 e. The van der Waals surface area contributed by atoms with Crippen molar-refractivity contribution in [3.8, 4) is 5.75 Å². The lowest BCUT2D eigenvalue weighted by atomic mass is 10.4. The van der Waals surface area contributed by atoms with Crippen molar-refractivity contribution >= 4 is 32.4 Å². The van der Waals surface area contributed by atoms with E-state index in [2.05, 4.69) is 37.8 Å². The Hall–Kier alpha value is -0.420. The summed E-state index contributed by atoms with van der Waals surface area (Å²) < 4.78 is 10.3. The number of nitrogens with zero attached hydrogens (tertiary/aromatic N) is 2. The summed E-state index contributed by atoms with van der Waals surface area (Å²) >= 11 is 3.30. The highest BCUT2D eigenvalue weighted by atomic mass is 79.9. The summed E-state index contributed by atoms with van der Waals surface area (Å²) in [5.41, 5.74) is 0. The quantitative estimate of drug-likeness (QED) is 0.767. The van der Waals surface area contributed by atoms with Crippen molar-refractivity contribution in [1.29, 1.82) is 0 Å². The lowest BCUT2D eigenvalue weighted by molar-refractivity contribution is 0.414. The van der Waals surface area contributed by atoms with Gasteiger partial charge < -0.3 is 4.74 Å². The van der Waals surface area contributed by atoms with Crippen LogP contribution < -0.4 is 4.74 Å². The normalized spacial score (nSPS) is 10.9. The number of ether oxygens (including phenoxy) is 1. The third-order valence-corrected chi connectivity index (χ3v) is 2.41. The van der Waals surface area contributed by atoms with Crippen LogP contribution in [-0.2, 0) is 10.7 Å². The van der Waals surface area contributed by atoms with Gasteiger partial charge in [0.1, 0.15) is 10.4 Å². The van der Waals surface area contributed by atoms with E-state index in [4.69, 9.17) is 4.74 Å². The maximum Gasteiger partial charge on any atom is 0.161 e. The van der Waals surface area contributed by atoms with Crippen LogP contribution in [0.25, 0.3) is 0 Å². The number of pyridine rings is 1. The molecule has 0 aromatic carbocycles. The van der Waals surface area contributed by atoms with Crippen LogP contribution in [0, 0.1) is 0 Å². The van der Waals surface area contributed by atoms with E-state index < -0.39 is 10.7 Å². The van der Waals surface area contributed by atoms with Crippen molar-refractivity contribution in [3.05, 3.63) is 16.7 Å². The highest BCUT2D eigenvalue weighted by Crippen LogP contribution is 2.22. The second kappa shape index (κ2) is 4.72. The molecule has 0 saturated heterocycles. The molecule has 1 rings (SSSR count). The average molecular weight is 265 g/mol. The number of halogens is 1. The smallest absolute Gasteiger partial charge is 0.161 e. The first-order chi connectivity index (χ1) is 6.11. The molecular weight excluding hydrogens is 252 g/mol. The van der Waals surface area contributed by atoms with E-state index in [-0.39, 0.29) is 0 Å². The van der Waals surface area contributed by atoms with Crippen molar-refractivity contribution in [3.63, 3.8) is 0 Å². The Morgan fingerprint density at radius 3 is 2.69 bits per heavy atom. The molecule has 0 saturated carbocycles. The number of methoxy groups -OCH3 is 1. The molecule has 13 heavy (non-hydrogen) atoms. The van der Waals surface area contributed by atoms with Crippen LogP contribution in [0.4, 0.5) is 5.82 Å². The highest BCUT2D eigenvalue weighted by molar-refractivity contribution is 9.10. The van der Waals surface area contributed by atoms with E-state index in [0.29, 0.717) is 0 Å². The topological polar surface area (TPSA) is 34.5 Å². The predicted octanol–water partition coefficient (Wildman–Crippen LogP) is 2.01. The summed E-state index contributed by atoms with van der Waals surface area (Å²) in [6, 6.07) is 3.65. The number of hydrogen-bond donors (Lipinski definition) is 0. The van der Waals surface area contributed by atoms with Gasteiger partial charge in [-0.05, 0) is 28.4 Å². The van der Waals surface area contributed by atoms with Gasteiger partial charge in [-0.15, -0.1) is 0 Å². The van der Waals surface area contributed by atoms with Gasteiger partial charge in [-0.25, -0.2) is 20.0 Å². The molecular formula is C8H13BrN2OS. The van der Waals surface area contributed by atoms with E-state index in [1.807, 2.05) is 12.1 Å². The second-order valence-electron chi connectivity index (χ2n) is 2.75. The zero-order valence-corrected chi connectivity index (χ0v) is 10.4. The van der Waals surface area contributed by atoms with Crippen LogP contribution in [0.2, 0.25) is 0 Å². The van der Waals surface area contributed by atoms with Crippen LogP contribution in [0.3, 0.4) is 0 Å². The maximum atomic E-state index is 5.10. The molecule has 0 unspecified atom stereocenters. The summed E-state index contributed by atoms with van der Waals surface area (Å²) in [6.07, 6.45) is 4.22. The van der Waals surface area contributed by atoms with Gasteiger partial charge in [0.2, 0.25) is 0 Å². The molecule has 0 N–H and O–H groups in total. The van der Waals surface area contributed by atoms with Gasteiger partial charge in [0.15, 0.2) is 5.82 Å². The van der Waals surface area contributed by atoms with Crippen molar-refractivity contribution in [2.24, 2.45) is 4.36 Å². The van der Waals surface area contributed by atoms with E-state index >= 15 is 0 Å². The zero-order valence-electron chi connectivity index (χ0n) is 7.84. The second-order valence-corrected chi connectivity index (χ2v) is 5.68. The first-order valence-electron chi connectivity index (χ1n) is 3.85. The first-order valence-corrected chi connectivity index (χ1v) is 7.09. The average Bonchev–Trinajstić information content (AvgIpc) is 2.01. The van der Waals surface area contributed by atoms with Gasteiger partial charge >= 0.3 is 0 Å². The maximum absolute atomic E-state index is 5.10. The molecule has 3 nitrogen and oxygen atoms in total. The molecule has 1 aromatic rings. The summed E-state index contributed by atoms with van der Waals surface area (Å²) in [7, 11) is 0.992. The number of rotatable bonds is 2. The van der Waals surface area contributed by atoms with Gasteiger partial charge in [-0.3, -0.25) is 0 Å². The SMILES string of the molecule is COc1cc(Br)nc(N=[SH2](C)C)c1. The molecule has 0 aliphatic carbocycles. The first kappa shape index (κ1) is 10.7. The Bertz CT molecular complexity index is 337. The number of hydrogen-bond acceptors (Lipinski definition) is 3. The van der Waals surface area contributed by atoms with Gasteiger partial charge in [0, 0.05) is 12.1 Å². The molecule has 0 spiro atoms. The third-order valence-electron chi connectivity index (χ3n) is 1.33.